The average molecular weight is 314 g/mol. The molecule has 0 unspecified atom stereocenters. The van der Waals surface area contributed by atoms with Crippen molar-refractivity contribution in [2.24, 2.45) is 0 Å². The molecule has 114 valence electrons. The lowest BCUT2D eigenvalue weighted by molar-refractivity contribution is 0.0954. The van der Waals surface area contributed by atoms with E-state index >= 15 is 0 Å². The lowest BCUT2D eigenvalue weighted by Gasteiger charge is -2.06. The van der Waals surface area contributed by atoms with Crippen molar-refractivity contribution >= 4 is 33.3 Å². The summed E-state index contributed by atoms with van der Waals surface area (Å²) in [5, 5.41) is 8.01. The van der Waals surface area contributed by atoms with Gasteiger partial charge in [0.25, 0.3) is 5.91 Å². The normalized spacial score (nSPS) is 10.8. The second-order valence-corrected chi connectivity index (χ2v) is 5.86. The maximum absolute atomic E-state index is 12.3. The lowest BCUT2D eigenvalue weighted by atomic mass is 10.1. The standard InChI is InChI=1S/C16H18N4OS/c1-10-14(16(17-2)22-20-10)15(21)18-8-7-11-9-19-13-6-4-3-5-12(11)13/h3-6,9,17,19H,7-8H2,1-2H3,(H,18,21). The summed E-state index contributed by atoms with van der Waals surface area (Å²) in [6.07, 6.45) is 2.80. The predicted molar refractivity (Wildman–Crippen MR) is 90.7 cm³/mol. The van der Waals surface area contributed by atoms with Crippen LogP contribution >= 0.6 is 11.5 Å². The molecule has 0 fully saturated rings. The average Bonchev–Trinajstić information content (AvgIpc) is 3.11. The summed E-state index contributed by atoms with van der Waals surface area (Å²) < 4.78 is 4.22. The molecule has 3 aromatic rings. The number of benzene rings is 1. The fourth-order valence-corrected chi connectivity index (χ4v) is 3.29. The van der Waals surface area contributed by atoms with Gasteiger partial charge in [0.2, 0.25) is 0 Å². The van der Waals surface area contributed by atoms with E-state index in [1.165, 1.54) is 22.5 Å². The number of hydrogen-bond donors (Lipinski definition) is 3. The smallest absolute Gasteiger partial charge is 0.256 e. The molecule has 0 aliphatic rings. The van der Waals surface area contributed by atoms with Gasteiger partial charge in [-0.05, 0) is 36.5 Å². The summed E-state index contributed by atoms with van der Waals surface area (Å²) in [7, 11) is 1.80. The number of H-pyrrole nitrogens is 1. The number of aryl methyl sites for hydroxylation is 1. The number of aromatic nitrogens is 2. The molecule has 0 saturated carbocycles. The number of hydrogen-bond acceptors (Lipinski definition) is 4. The quantitative estimate of drug-likeness (QED) is 0.678. The Hall–Kier alpha value is -2.34. The molecule has 6 heteroatoms. The Morgan fingerprint density at radius 3 is 3.00 bits per heavy atom. The topological polar surface area (TPSA) is 69.8 Å². The van der Waals surface area contributed by atoms with Crippen LogP contribution in [0.1, 0.15) is 21.6 Å². The molecule has 0 radical (unpaired) electrons. The van der Waals surface area contributed by atoms with Crippen molar-refractivity contribution in [1.29, 1.82) is 0 Å². The summed E-state index contributed by atoms with van der Waals surface area (Å²) in [4.78, 5) is 15.6. The molecule has 3 N–H and O–H groups in total. The van der Waals surface area contributed by atoms with Crippen molar-refractivity contribution in [2.45, 2.75) is 13.3 Å². The van der Waals surface area contributed by atoms with Crippen molar-refractivity contribution in [3.8, 4) is 0 Å². The molecule has 0 bridgehead atoms. The molecule has 1 amide bonds. The van der Waals surface area contributed by atoms with E-state index in [0.29, 0.717) is 12.1 Å². The molecule has 0 aliphatic carbocycles. The molecule has 0 spiro atoms. The zero-order valence-corrected chi connectivity index (χ0v) is 13.4. The Bertz CT molecular complexity index is 805. The minimum atomic E-state index is -0.0737. The molecular formula is C16H18N4OS. The van der Waals surface area contributed by atoms with Crippen molar-refractivity contribution in [2.75, 3.05) is 18.9 Å². The van der Waals surface area contributed by atoms with Crippen LogP contribution < -0.4 is 10.6 Å². The van der Waals surface area contributed by atoms with Crippen LogP contribution in [0, 0.1) is 6.92 Å². The number of nitrogens with zero attached hydrogens (tertiary/aromatic N) is 1. The SMILES string of the molecule is CNc1snc(C)c1C(=O)NCCc1c[nH]c2ccccc12. The summed E-state index contributed by atoms with van der Waals surface area (Å²) in [6, 6.07) is 8.18. The van der Waals surface area contributed by atoms with Crippen LogP contribution in [0.4, 0.5) is 5.00 Å². The fourth-order valence-electron chi connectivity index (χ4n) is 2.55. The van der Waals surface area contributed by atoms with Crippen LogP contribution in [0.15, 0.2) is 30.5 Å². The van der Waals surface area contributed by atoms with Gasteiger partial charge in [-0.2, -0.15) is 4.37 Å². The van der Waals surface area contributed by atoms with E-state index in [-0.39, 0.29) is 5.91 Å². The van der Waals surface area contributed by atoms with Crippen LogP contribution in [-0.2, 0) is 6.42 Å². The third-order valence-electron chi connectivity index (χ3n) is 3.67. The molecule has 22 heavy (non-hydrogen) atoms. The molecule has 2 aromatic heterocycles. The number of fused-ring (bicyclic) bond motifs is 1. The maximum atomic E-state index is 12.3. The van der Waals surface area contributed by atoms with Crippen LogP contribution in [0.2, 0.25) is 0 Å². The minimum absolute atomic E-state index is 0.0737. The first-order chi connectivity index (χ1) is 10.7. The number of carbonyl (C=O) groups is 1. The number of para-hydroxylation sites is 1. The van der Waals surface area contributed by atoms with Crippen molar-refractivity contribution in [3.63, 3.8) is 0 Å². The van der Waals surface area contributed by atoms with Gasteiger partial charge in [-0.15, -0.1) is 0 Å². The summed E-state index contributed by atoms with van der Waals surface area (Å²) in [5.41, 5.74) is 3.74. The lowest BCUT2D eigenvalue weighted by Crippen LogP contribution is -2.26. The van der Waals surface area contributed by atoms with Crippen LogP contribution in [-0.4, -0.2) is 28.9 Å². The number of aromatic amines is 1. The number of anilines is 1. The van der Waals surface area contributed by atoms with E-state index < -0.39 is 0 Å². The molecule has 5 nitrogen and oxygen atoms in total. The van der Waals surface area contributed by atoms with Crippen LogP contribution in [0.5, 0.6) is 0 Å². The third kappa shape index (κ3) is 2.69. The number of carbonyl (C=O) groups excluding carboxylic acids is 1. The van der Waals surface area contributed by atoms with Gasteiger partial charge in [0, 0.05) is 30.7 Å². The molecule has 1 aromatic carbocycles. The number of rotatable bonds is 5. The van der Waals surface area contributed by atoms with Gasteiger partial charge in [-0.1, -0.05) is 18.2 Å². The van der Waals surface area contributed by atoms with Gasteiger partial charge in [-0.25, -0.2) is 0 Å². The summed E-state index contributed by atoms with van der Waals surface area (Å²) >= 11 is 1.31. The maximum Gasteiger partial charge on any atom is 0.256 e. The molecule has 3 rings (SSSR count). The molecule has 0 aliphatic heterocycles. The van der Waals surface area contributed by atoms with Crippen molar-refractivity contribution in [1.82, 2.24) is 14.7 Å². The molecule has 0 atom stereocenters. The Labute approximate surface area is 132 Å². The van der Waals surface area contributed by atoms with Gasteiger partial charge < -0.3 is 15.6 Å². The highest BCUT2D eigenvalue weighted by Crippen LogP contribution is 2.23. The first-order valence-electron chi connectivity index (χ1n) is 7.18. The monoisotopic (exact) mass is 314 g/mol. The molecular weight excluding hydrogens is 296 g/mol. The van der Waals surface area contributed by atoms with Crippen molar-refractivity contribution in [3.05, 3.63) is 47.3 Å². The fraction of sp³-hybridized carbons (Fsp3) is 0.250. The van der Waals surface area contributed by atoms with Gasteiger partial charge in [-0.3, -0.25) is 4.79 Å². The summed E-state index contributed by atoms with van der Waals surface area (Å²) in [6.45, 7) is 2.45. The highest BCUT2D eigenvalue weighted by molar-refractivity contribution is 7.10. The first-order valence-corrected chi connectivity index (χ1v) is 7.95. The van der Waals surface area contributed by atoms with E-state index in [0.717, 1.165) is 22.6 Å². The molecule has 0 saturated heterocycles. The Balaban J connectivity index is 1.65. The van der Waals surface area contributed by atoms with Gasteiger partial charge in [0.15, 0.2) is 0 Å². The van der Waals surface area contributed by atoms with E-state index in [2.05, 4.69) is 32.1 Å². The molecule has 2 heterocycles. The van der Waals surface area contributed by atoms with Crippen LogP contribution in [0.25, 0.3) is 10.9 Å². The zero-order chi connectivity index (χ0) is 15.5. The second-order valence-electron chi connectivity index (χ2n) is 5.09. The van der Waals surface area contributed by atoms with Gasteiger partial charge >= 0.3 is 0 Å². The van der Waals surface area contributed by atoms with E-state index in [9.17, 15) is 4.79 Å². The predicted octanol–water partition coefficient (Wildman–Crippen LogP) is 2.95. The number of nitrogens with one attached hydrogen (secondary N) is 3. The van der Waals surface area contributed by atoms with Gasteiger partial charge in [0.05, 0.1) is 11.3 Å². The highest BCUT2D eigenvalue weighted by Gasteiger charge is 2.17. The van der Waals surface area contributed by atoms with Crippen LogP contribution in [0.3, 0.4) is 0 Å². The second kappa shape index (κ2) is 6.19. The Morgan fingerprint density at radius 2 is 2.18 bits per heavy atom. The summed E-state index contributed by atoms with van der Waals surface area (Å²) in [5.74, 6) is -0.0737. The Morgan fingerprint density at radius 1 is 1.36 bits per heavy atom. The van der Waals surface area contributed by atoms with E-state index in [4.69, 9.17) is 0 Å². The van der Waals surface area contributed by atoms with E-state index in [1.54, 1.807) is 7.05 Å². The number of amides is 1. The third-order valence-corrected chi connectivity index (χ3v) is 4.63. The zero-order valence-electron chi connectivity index (χ0n) is 12.6. The first kappa shape index (κ1) is 14.6. The minimum Gasteiger partial charge on any atom is -0.378 e. The Kier molecular flexibility index (Phi) is 4.11. The highest BCUT2D eigenvalue weighted by atomic mass is 32.1. The van der Waals surface area contributed by atoms with Crippen molar-refractivity contribution < 1.29 is 4.79 Å². The van der Waals surface area contributed by atoms with Gasteiger partial charge in [0.1, 0.15) is 5.00 Å². The largest absolute Gasteiger partial charge is 0.378 e. The van der Waals surface area contributed by atoms with E-state index in [1.807, 2.05) is 25.3 Å².